The maximum atomic E-state index is 11.8. The monoisotopic (exact) mass is 231 g/mol. The number of aldehydes is 1. The average molecular weight is 231 g/mol. The first-order valence-corrected chi connectivity index (χ1v) is 5.93. The standard InChI is InChI=1S/C14H17NO2/c1-10-3-5-13(6-4-10)11(2)15-8-12(9-16)7-14(15)17/h3-6,9,11-12H,7-8H2,1-2H3/t11-,12-/m1/s1. The van der Waals surface area contributed by atoms with Crippen LogP contribution in [0, 0.1) is 12.8 Å². The molecule has 0 unspecified atom stereocenters. The lowest BCUT2D eigenvalue weighted by molar-refractivity contribution is -0.129. The van der Waals surface area contributed by atoms with Gasteiger partial charge in [-0.3, -0.25) is 4.79 Å². The molecule has 0 aliphatic carbocycles. The van der Waals surface area contributed by atoms with Gasteiger partial charge in [-0.15, -0.1) is 0 Å². The molecule has 0 saturated carbocycles. The number of aryl methyl sites for hydroxylation is 1. The zero-order valence-corrected chi connectivity index (χ0v) is 10.2. The van der Waals surface area contributed by atoms with Gasteiger partial charge >= 0.3 is 0 Å². The molecular formula is C14H17NO2. The van der Waals surface area contributed by atoms with Crippen molar-refractivity contribution in [3.8, 4) is 0 Å². The zero-order valence-electron chi connectivity index (χ0n) is 10.2. The summed E-state index contributed by atoms with van der Waals surface area (Å²) in [7, 11) is 0. The summed E-state index contributed by atoms with van der Waals surface area (Å²) in [6.07, 6.45) is 1.25. The summed E-state index contributed by atoms with van der Waals surface area (Å²) in [6, 6.07) is 8.23. The summed E-state index contributed by atoms with van der Waals surface area (Å²) in [5, 5.41) is 0. The largest absolute Gasteiger partial charge is 0.335 e. The van der Waals surface area contributed by atoms with E-state index in [1.54, 1.807) is 4.90 Å². The maximum Gasteiger partial charge on any atom is 0.223 e. The van der Waals surface area contributed by atoms with Crippen molar-refractivity contribution in [1.82, 2.24) is 4.90 Å². The molecule has 1 aromatic rings. The molecular weight excluding hydrogens is 214 g/mol. The van der Waals surface area contributed by atoms with Gasteiger partial charge in [0.1, 0.15) is 6.29 Å². The van der Waals surface area contributed by atoms with Crippen molar-refractivity contribution in [3.63, 3.8) is 0 Å². The molecule has 1 heterocycles. The fourth-order valence-corrected chi connectivity index (χ4v) is 2.25. The first-order chi connectivity index (χ1) is 8.11. The van der Waals surface area contributed by atoms with Crippen molar-refractivity contribution >= 4 is 12.2 Å². The van der Waals surface area contributed by atoms with E-state index in [2.05, 4.69) is 0 Å². The third-order valence-corrected chi connectivity index (χ3v) is 3.41. The molecule has 0 aromatic heterocycles. The maximum absolute atomic E-state index is 11.8. The third kappa shape index (κ3) is 2.38. The molecule has 3 nitrogen and oxygen atoms in total. The fraction of sp³-hybridized carbons (Fsp3) is 0.429. The van der Waals surface area contributed by atoms with E-state index < -0.39 is 0 Å². The third-order valence-electron chi connectivity index (χ3n) is 3.41. The molecule has 0 radical (unpaired) electrons. The average Bonchev–Trinajstić information content (AvgIpc) is 2.71. The van der Waals surface area contributed by atoms with Crippen LogP contribution in [0.2, 0.25) is 0 Å². The van der Waals surface area contributed by atoms with Crippen LogP contribution in [0.25, 0.3) is 0 Å². The van der Waals surface area contributed by atoms with E-state index >= 15 is 0 Å². The Bertz CT molecular complexity index is 424. The van der Waals surface area contributed by atoms with Gasteiger partial charge in [0.15, 0.2) is 0 Å². The van der Waals surface area contributed by atoms with Gasteiger partial charge < -0.3 is 9.69 Å². The van der Waals surface area contributed by atoms with Crippen LogP contribution in [-0.4, -0.2) is 23.6 Å². The van der Waals surface area contributed by atoms with Gasteiger partial charge in [0, 0.05) is 18.9 Å². The number of hydrogen-bond donors (Lipinski definition) is 0. The van der Waals surface area contributed by atoms with Crippen LogP contribution in [0.5, 0.6) is 0 Å². The molecule has 90 valence electrons. The van der Waals surface area contributed by atoms with Crippen LogP contribution in [0.3, 0.4) is 0 Å². The van der Waals surface area contributed by atoms with Gasteiger partial charge in [0.2, 0.25) is 5.91 Å². The number of nitrogens with zero attached hydrogens (tertiary/aromatic N) is 1. The minimum atomic E-state index is -0.129. The Kier molecular flexibility index (Phi) is 3.27. The minimum Gasteiger partial charge on any atom is -0.335 e. The number of carbonyl (C=O) groups excluding carboxylic acids is 2. The molecule has 3 heteroatoms. The summed E-state index contributed by atoms with van der Waals surface area (Å²) in [4.78, 5) is 24.3. The highest BCUT2D eigenvalue weighted by atomic mass is 16.2. The van der Waals surface area contributed by atoms with E-state index in [9.17, 15) is 9.59 Å². The van der Waals surface area contributed by atoms with Gasteiger partial charge in [-0.2, -0.15) is 0 Å². The van der Waals surface area contributed by atoms with Crippen LogP contribution < -0.4 is 0 Å². The Labute approximate surface area is 101 Å². The Morgan fingerprint density at radius 3 is 2.53 bits per heavy atom. The van der Waals surface area contributed by atoms with Crippen molar-refractivity contribution in [2.75, 3.05) is 6.54 Å². The highest BCUT2D eigenvalue weighted by Crippen LogP contribution is 2.27. The van der Waals surface area contributed by atoms with Gasteiger partial charge in [0.05, 0.1) is 6.04 Å². The van der Waals surface area contributed by atoms with Crippen molar-refractivity contribution in [2.45, 2.75) is 26.3 Å². The molecule has 1 aliphatic rings. The zero-order chi connectivity index (χ0) is 12.4. The molecule has 0 N–H and O–H groups in total. The van der Waals surface area contributed by atoms with Crippen LogP contribution in [-0.2, 0) is 9.59 Å². The number of rotatable bonds is 3. The predicted octanol–water partition coefficient (Wildman–Crippen LogP) is 2.10. The molecule has 1 fully saturated rings. The molecule has 2 rings (SSSR count). The Hall–Kier alpha value is -1.64. The SMILES string of the molecule is Cc1ccc([C@@H](C)N2C[C@H](C=O)CC2=O)cc1. The minimum absolute atomic E-state index is 0.0491. The lowest BCUT2D eigenvalue weighted by Gasteiger charge is -2.25. The van der Waals surface area contributed by atoms with Gasteiger partial charge in [-0.1, -0.05) is 29.8 Å². The van der Waals surface area contributed by atoms with E-state index in [0.29, 0.717) is 13.0 Å². The number of benzene rings is 1. The molecule has 1 amide bonds. The Morgan fingerprint density at radius 1 is 1.35 bits per heavy atom. The van der Waals surface area contributed by atoms with Crippen LogP contribution in [0.4, 0.5) is 0 Å². The predicted molar refractivity (Wildman–Crippen MR) is 65.5 cm³/mol. The van der Waals surface area contributed by atoms with Gasteiger partial charge in [-0.05, 0) is 19.4 Å². The number of amides is 1. The quantitative estimate of drug-likeness (QED) is 0.747. The Morgan fingerprint density at radius 2 is 2.00 bits per heavy atom. The van der Waals surface area contributed by atoms with E-state index in [0.717, 1.165) is 11.8 Å². The molecule has 1 aromatic carbocycles. The lowest BCUT2D eigenvalue weighted by Crippen LogP contribution is -2.28. The lowest BCUT2D eigenvalue weighted by atomic mass is 10.1. The molecule has 2 atom stereocenters. The van der Waals surface area contributed by atoms with E-state index in [4.69, 9.17) is 0 Å². The summed E-state index contributed by atoms with van der Waals surface area (Å²) >= 11 is 0. The van der Waals surface area contributed by atoms with Crippen LogP contribution in [0.1, 0.15) is 30.5 Å². The first-order valence-electron chi connectivity index (χ1n) is 5.93. The van der Waals surface area contributed by atoms with Gasteiger partial charge in [0.25, 0.3) is 0 Å². The van der Waals surface area contributed by atoms with E-state index in [1.807, 2.05) is 38.1 Å². The molecule has 1 aliphatic heterocycles. The highest BCUT2D eigenvalue weighted by Gasteiger charge is 2.32. The molecule has 1 saturated heterocycles. The number of carbonyl (C=O) groups is 2. The summed E-state index contributed by atoms with van der Waals surface area (Å²) in [6.45, 7) is 4.60. The topological polar surface area (TPSA) is 37.4 Å². The number of likely N-dealkylation sites (tertiary alicyclic amines) is 1. The van der Waals surface area contributed by atoms with Crippen LogP contribution >= 0.6 is 0 Å². The fourth-order valence-electron chi connectivity index (χ4n) is 2.25. The molecule has 17 heavy (non-hydrogen) atoms. The van der Waals surface area contributed by atoms with Crippen molar-refractivity contribution < 1.29 is 9.59 Å². The first kappa shape index (κ1) is 11.8. The summed E-state index contributed by atoms with van der Waals surface area (Å²) in [5.74, 6) is -0.0504. The van der Waals surface area contributed by atoms with Gasteiger partial charge in [-0.25, -0.2) is 0 Å². The normalized spacial score (nSPS) is 21.6. The summed E-state index contributed by atoms with van der Waals surface area (Å²) in [5.41, 5.74) is 2.33. The van der Waals surface area contributed by atoms with E-state index in [1.165, 1.54) is 5.56 Å². The highest BCUT2D eigenvalue weighted by molar-refractivity contribution is 5.83. The van der Waals surface area contributed by atoms with Crippen molar-refractivity contribution in [1.29, 1.82) is 0 Å². The second kappa shape index (κ2) is 4.70. The number of hydrogen-bond acceptors (Lipinski definition) is 2. The second-order valence-corrected chi connectivity index (χ2v) is 4.73. The van der Waals surface area contributed by atoms with Crippen molar-refractivity contribution in [3.05, 3.63) is 35.4 Å². The van der Waals surface area contributed by atoms with E-state index in [-0.39, 0.29) is 17.9 Å². The van der Waals surface area contributed by atoms with Crippen molar-refractivity contribution in [2.24, 2.45) is 5.92 Å². The smallest absolute Gasteiger partial charge is 0.223 e. The Balaban J connectivity index is 2.15. The second-order valence-electron chi connectivity index (χ2n) is 4.73. The molecule has 0 bridgehead atoms. The van der Waals surface area contributed by atoms with Crippen LogP contribution in [0.15, 0.2) is 24.3 Å². The molecule has 0 spiro atoms. The summed E-state index contributed by atoms with van der Waals surface area (Å²) < 4.78 is 0.